The topological polar surface area (TPSA) is 47.6 Å². The molecule has 0 saturated carbocycles. The summed E-state index contributed by atoms with van der Waals surface area (Å²) in [6.07, 6.45) is -3.50. The molecule has 0 aliphatic carbocycles. The highest BCUT2D eigenvalue weighted by Gasteiger charge is 2.31. The van der Waals surface area contributed by atoms with E-state index >= 15 is 0 Å². The van der Waals surface area contributed by atoms with E-state index in [1.165, 1.54) is 18.2 Å². The Kier molecular flexibility index (Phi) is 6.33. The molecule has 1 N–H and O–H groups in total. The molecule has 1 rings (SSSR count). The number of hydrogen-bond acceptors (Lipinski definition) is 4. The van der Waals surface area contributed by atoms with Crippen LogP contribution in [0.5, 0.6) is 5.75 Å². The lowest BCUT2D eigenvalue weighted by Gasteiger charge is -2.18. The van der Waals surface area contributed by atoms with Gasteiger partial charge in [0, 0.05) is 11.8 Å². The predicted molar refractivity (Wildman–Crippen MR) is 72.1 cm³/mol. The molecule has 21 heavy (non-hydrogen) atoms. The minimum absolute atomic E-state index is 0.248. The number of carbonyl (C=O) groups excluding carboxylic acids is 1. The Labute approximate surface area is 121 Å². The van der Waals surface area contributed by atoms with Gasteiger partial charge in [0.15, 0.2) is 0 Å². The Bertz CT molecular complexity index is 463. The monoisotopic (exact) mass is 305 g/mol. The highest BCUT2D eigenvalue weighted by atomic mass is 19.4. The van der Waals surface area contributed by atoms with E-state index < -0.39 is 18.4 Å². The summed E-state index contributed by atoms with van der Waals surface area (Å²) in [5, 5.41) is 2.87. The maximum Gasteiger partial charge on any atom is 0.573 e. The molecule has 0 spiro atoms. The van der Waals surface area contributed by atoms with Crippen LogP contribution in [0.2, 0.25) is 0 Å². The van der Waals surface area contributed by atoms with Crippen LogP contribution in [0.15, 0.2) is 24.3 Å². The Morgan fingerprint density at radius 2 is 2.05 bits per heavy atom. The molecule has 0 amide bonds. The number of rotatable bonds is 7. The number of ether oxygens (including phenoxy) is 2. The van der Waals surface area contributed by atoms with Gasteiger partial charge in [0.2, 0.25) is 0 Å². The van der Waals surface area contributed by atoms with Crippen LogP contribution < -0.4 is 10.1 Å². The standard InChI is InChI=1S/C14H18F3NO3/c1-3-6-12(13(19)20-4-2)18-10-7-5-8-11(9-10)21-14(15,16)17/h5,7-9,12,18H,3-4,6H2,1-2H3. The van der Waals surface area contributed by atoms with Gasteiger partial charge in [-0.1, -0.05) is 19.4 Å². The second-order valence-electron chi connectivity index (χ2n) is 4.31. The maximum atomic E-state index is 12.2. The lowest BCUT2D eigenvalue weighted by Crippen LogP contribution is -2.31. The molecule has 0 aliphatic rings. The highest BCUT2D eigenvalue weighted by Crippen LogP contribution is 2.25. The molecule has 7 heteroatoms. The normalized spacial score (nSPS) is 12.6. The second-order valence-corrected chi connectivity index (χ2v) is 4.31. The molecule has 0 saturated heterocycles. The van der Waals surface area contributed by atoms with E-state index in [0.717, 1.165) is 6.42 Å². The summed E-state index contributed by atoms with van der Waals surface area (Å²) >= 11 is 0. The van der Waals surface area contributed by atoms with Gasteiger partial charge in [0.05, 0.1) is 6.61 Å². The molecule has 118 valence electrons. The van der Waals surface area contributed by atoms with Gasteiger partial charge in [-0.2, -0.15) is 0 Å². The Morgan fingerprint density at radius 3 is 2.62 bits per heavy atom. The van der Waals surface area contributed by atoms with E-state index in [2.05, 4.69) is 10.1 Å². The number of halogens is 3. The third-order valence-electron chi connectivity index (χ3n) is 2.56. The fraction of sp³-hybridized carbons (Fsp3) is 0.500. The first-order chi connectivity index (χ1) is 9.85. The first kappa shape index (κ1) is 17.1. The lowest BCUT2D eigenvalue weighted by molar-refractivity contribution is -0.274. The molecule has 0 aromatic heterocycles. The molecule has 0 radical (unpaired) electrons. The van der Waals surface area contributed by atoms with Crippen LogP contribution >= 0.6 is 0 Å². The molecule has 0 bridgehead atoms. The maximum absolute atomic E-state index is 12.2. The molecule has 0 aliphatic heterocycles. The van der Waals surface area contributed by atoms with Crippen molar-refractivity contribution < 1.29 is 27.4 Å². The summed E-state index contributed by atoms with van der Waals surface area (Å²) in [6, 6.07) is 4.76. The van der Waals surface area contributed by atoms with Gasteiger partial charge in [-0.25, -0.2) is 4.79 Å². The SMILES string of the molecule is CCCC(Nc1cccc(OC(F)(F)F)c1)C(=O)OCC. The number of carbonyl (C=O) groups is 1. The van der Waals surface area contributed by atoms with Gasteiger partial charge < -0.3 is 14.8 Å². The van der Waals surface area contributed by atoms with Crippen LogP contribution in [0.25, 0.3) is 0 Å². The quantitative estimate of drug-likeness (QED) is 0.780. The van der Waals surface area contributed by atoms with Crippen molar-refractivity contribution in [3.63, 3.8) is 0 Å². The first-order valence-electron chi connectivity index (χ1n) is 6.64. The molecule has 1 aromatic carbocycles. The summed E-state index contributed by atoms with van der Waals surface area (Å²) in [6.45, 7) is 3.84. The largest absolute Gasteiger partial charge is 0.573 e. The Morgan fingerprint density at radius 1 is 1.33 bits per heavy atom. The van der Waals surface area contributed by atoms with E-state index in [1.807, 2.05) is 6.92 Å². The molecule has 0 heterocycles. The van der Waals surface area contributed by atoms with Crippen molar-refractivity contribution in [2.45, 2.75) is 39.1 Å². The van der Waals surface area contributed by atoms with E-state index in [0.29, 0.717) is 12.1 Å². The lowest BCUT2D eigenvalue weighted by atomic mass is 10.1. The van der Waals surface area contributed by atoms with Crippen molar-refractivity contribution in [3.8, 4) is 5.75 Å². The average molecular weight is 305 g/mol. The van der Waals surface area contributed by atoms with Crippen molar-refractivity contribution in [1.29, 1.82) is 0 Å². The number of hydrogen-bond donors (Lipinski definition) is 1. The number of esters is 1. The summed E-state index contributed by atoms with van der Waals surface area (Å²) in [7, 11) is 0. The predicted octanol–water partition coefficient (Wildman–Crippen LogP) is 3.73. The molecular weight excluding hydrogens is 287 g/mol. The van der Waals surface area contributed by atoms with Crippen molar-refractivity contribution >= 4 is 11.7 Å². The zero-order valence-electron chi connectivity index (χ0n) is 11.9. The number of anilines is 1. The van der Waals surface area contributed by atoms with Crippen LogP contribution in [0.4, 0.5) is 18.9 Å². The fourth-order valence-electron chi connectivity index (χ4n) is 1.76. The third kappa shape index (κ3) is 6.37. The minimum Gasteiger partial charge on any atom is -0.464 e. The molecule has 4 nitrogen and oxygen atoms in total. The van der Waals surface area contributed by atoms with E-state index in [4.69, 9.17) is 4.74 Å². The first-order valence-corrected chi connectivity index (χ1v) is 6.64. The van der Waals surface area contributed by atoms with Crippen molar-refractivity contribution in [3.05, 3.63) is 24.3 Å². The average Bonchev–Trinajstić information content (AvgIpc) is 2.37. The van der Waals surface area contributed by atoms with E-state index in [-0.39, 0.29) is 12.4 Å². The molecule has 1 aromatic rings. The van der Waals surface area contributed by atoms with Crippen LogP contribution in [0.1, 0.15) is 26.7 Å². The summed E-state index contributed by atoms with van der Waals surface area (Å²) in [4.78, 5) is 11.8. The summed E-state index contributed by atoms with van der Waals surface area (Å²) in [5.74, 6) is -0.770. The number of benzene rings is 1. The summed E-state index contributed by atoms with van der Waals surface area (Å²) < 4.78 is 45.3. The molecule has 0 fully saturated rings. The van der Waals surface area contributed by atoms with Gasteiger partial charge in [-0.05, 0) is 25.5 Å². The Hall–Kier alpha value is -1.92. The second kappa shape index (κ2) is 7.75. The third-order valence-corrected chi connectivity index (χ3v) is 2.56. The molecule has 1 atom stereocenters. The van der Waals surface area contributed by atoms with Crippen molar-refractivity contribution in [1.82, 2.24) is 0 Å². The van der Waals surface area contributed by atoms with Crippen LogP contribution in [0, 0.1) is 0 Å². The zero-order valence-corrected chi connectivity index (χ0v) is 11.9. The highest BCUT2D eigenvalue weighted by molar-refractivity contribution is 5.79. The minimum atomic E-state index is -4.75. The van der Waals surface area contributed by atoms with Crippen LogP contribution in [-0.4, -0.2) is 25.0 Å². The fourth-order valence-corrected chi connectivity index (χ4v) is 1.76. The van der Waals surface area contributed by atoms with Crippen LogP contribution in [-0.2, 0) is 9.53 Å². The molecular formula is C14H18F3NO3. The van der Waals surface area contributed by atoms with Gasteiger partial charge in [-0.15, -0.1) is 13.2 Å². The van der Waals surface area contributed by atoms with Gasteiger partial charge in [-0.3, -0.25) is 0 Å². The molecule has 1 unspecified atom stereocenters. The van der Waals surface area contributed by atoms with Crippen molar-refractivity contribution in [2.75, 3.05) is 11.9 Å². The zero-order chi connectivity index (χ0) is 15.9. The number of nitrogens with one attached hydrogen (secondary N) is 1. The smallest absolute Gasteiger partial charge is 0.464 e. The van der Waals surface area contributed by atoms with E-state index in [1.54, 1.807) is 13.0 Å². The van der Waals surface area contributed by atoms with Gasteiger partial charge in [0.1, 0.15) is 11.8 Å². The Balaban J connectivity index is 2.79. The van der Waals surface area contributed by atoms with Crippen molar-refractivity contribution in [2.24, 2.45) is 0 Å². The van der Waals surface area contributed by atoms with Crippen LogP contribution in [0.3, 0.4) is 0 Å². The van der Waals surface area contributed by atoms with Gasteiger partial charge in [0.25, 0.3) is 0 Å². The summed E-state index contributed by atoms with van der Waals surface area (Å²) in [5.41, 5.74) is 0.364. The van der Waals surface area contributed by atoms with Gasteiger partial charge >= 0.3 is 12.3 Å². The van der Waals surface area contributed by atoms with E-state index in [9.17, 15) is 18.0 Å². The number of alkyl halides is 3.